The molecule has 92 valence electrons. The van der Waals surface area contributed by atoms with Crippen LogP contribution in [0.25, 0.3) is 0 Å². The fourth-order valence-corrected chi connectivity index (χ4v) is 1.71. The van der Waals surface area contributed by atoms with Gasteiger partial charge < -0.3 is 5.11 Å². The zero-order valence-corrected chi connectivity index (χ0v) is 10.5. The number of phenols is 1. The third kappa shape index (κ3) is 2.88. The van der Waals surface area contributed by atoms with Gasteiger partial charge in [0, 0.05) is 5.56 Å². The molecule has 0 spiro atoms. The number of nitrogens with zero attached hydrogens (tertiary/aromatic N) is 1. The Morgan fingerprint density at radius 1 is 1.11 bits per heavy atom. The van der Waals surface area contributed by atoms with Crippen LogP contribution in [0.15, 0.2) is 47.6 Å². The summed E-state index contributed by atoms with van der Waals surface area (Å²) in [5, 5.41) is 13.7. The van der Waals surface area contributed by atoms with E-state index in [9.17, 15) is 5.11 Å². The van der Waals surface area contributed by atoms with Gasteiger partial charge in [-0.2, -0.15) is 5.10 Å². The maximum atomic E-state index is 9.58. The summed E-state index contributed by atoms with van der Waals surface area (Å²) in [4.78, 5) is 0. The lowest BCUT2D eigenvalue weighted by atomic mass is 10.1. The second kappa shape index (κ2) is 5.36. The number of hydrogen-bond acceptors (Lipinski definition) is 3. The summed E-state index contributed by atoms with van der Waals surface area (Å²) in [6.45, 7) is 4.09. The van der Waals surface area contributed by atoms with Crippen molar-refractivity contribution in [1.82, 2.24) is 0 Å². The number of aryl methyl sites for hydroxylation is 2. The quantitative estimate of drug-likeness (QED) is 0.637. The predicted octanol–water partition coefficient (Wildman–Crippen LogP) is 3.46. The summed E-state index contributed by atoms with van der Waals surface area (Å²) < 4.78 is 0. The molecule has 0 radical (unpaired) electrons. The Morgan fingerprint density at radius 3 is 2.61 bits per heavy atom. The van der Waals surface area contributed by atoms with E-state index in [1.165, 1.54) is 5.56 Å². The highest BCUT2D eigenvalue weighted by atomic mass is 16.3. The van der Waals surface area contributed by atoms with Crippen molar-refractivity contribution in [3.05, 3.63) is 59.2 Å². The van der Waals surface area contributed by atoms with Crippen molar-refractivity contribution in [2.24, 2.45) is 5.10 Å². The van der Waals surface area contributed by atoms with E-state index in [1.807, 2.05) is 31.2 Å². The number of anilines is 1. The minimum Gasteiger partial charge on any atom is -0.507 e. The monoisotopic (exact) mass is 240 g/mol. The lowest BCUT2D eigenvalue weighted by Gasteiger charge is -2.05. The maximum Gasteiger partial charge on any atom is 0.124 e. The maximum absolute atomic E-state index is 9.58. The summed E-state index contributed by atoms with van der Waals surface area (Å²) in [7, 11) is 0. The highest BCUT2D eigenvalue weighted by Gasteiger charge is 1.97. The van der Waals surface area contributed by atoms with E-state index < -0.39 is 0 Å². The molecule has 0 atom stereocenters. The molecule has 2 rings (SSSR count). The van der Waals surface area contributed by atoms with Crippen LogP contribution in [-0.4, -0.2) is 11.3 Å². The van der Waals surface area contributed by atoms with Gasteiger partial charge in [0.25, 0.3) is 0 Å². The van der Waals surface area contributed by atoms with Crippen LogP contribution >= 0.6 is 0 Å². The molecule has 0 unspecified atom stereocenters. The van der Waals surface area contributed by atoms with Crippen molar-refractivity contribution in [1.29, 1.82) is 0 Å². The molecular weight excluding hydrogens is 224 g/mol. The fraction of sp³-hybridized carbons (Fsp3) is 0.133. The largest absolute Gasteiger partial charge is 0.507 e. The van der Waals surface area contributed by atoms with Crippen LogP contribution < -0.4 is 5.43 Å². The van der Waals surface area contributed by atoms with E-state index in [4.69, 9.17) is 0 Å². The van der Waals surface area contributed by atoms with Crippen LogP contribution in [0.1, 0.15) is 16.7 Å². The van der Waals surface area contributed by atoms with E-state index in [1.54, 1.807) is 18.3 Å². The lowest BCUT2D eigenvalue weighted by molar-refractivity contribution is 0.474. The first kappa shape index (κ1) is 12.2. The van der Waals surface area contributed by atoms with Gasteiger partial charge in [0.15, 0.2) is 0 Å². The Balaban J connectivity index is 2.10. The Hall–Kier alpha value is -2.29. The molecule has 2 aromatic rings. The minimum absolute atomic E-state index is 0.226. The first-order valence-electron chi connectivity index (χ1n) is 5.81. The van der Waals surface area contributed by atoms with Gasteiger partial charge in [-0.05, 0) is 37.6 Å². The van der Waals surface area contributed by atoms with Crippen LogP contribution in [0, 0.1) is 13.8 Å². The molecule has 2 aromatic carbocycles. The van der Waals surface area contributed by atoms with Crippen molar-refractivity contribution < 1.29 is 5.11 Å². The Kier molecular flexibility index (Phi) is 3.63. The Morgan fingerprint density at radius 2 is 1.89 bits per heavy atom. The van der Waals surface area contributed by atoms with Crippen LogP contribution in [0.2, 0.25) is 0 Å². The molecule has 3 nitrogen and oxygen atoms in total. The van der Waals surface area contributed by atoms with Crippen LogP contribution in [0.4, 0.5) is 5.69 Å². The predicted molar refractivity (Wildman–Crippen MR) is 75.2 cm³/mol. The molecule has 2 N–H and O–H groups in total. The summed E-state index contributed by atoms with van der Waals surface area (Å²) in [6.07, 6.45) is 1.61. The standard InChI is InChI=1S/C15H16N2O/c1-11-7-8-14(12(2)9-11)17-16-10-13-5-3-4-6-15(13)18/h3-10,17-18H,1-2H3/b16-10+. The molecule has 0 aromatic heterocycles. The smallest absolute Gasteiger partial charge is 0.124 e. The molecule has 0 aliphatic heterocycles. The van der Waals surface area contributed by atoms with Gasteiger partial charge in [-0.1, -0.05) is 29.8 Å². The van der Waals surface area contributed by atoms with Crippen LogP contribution in [0.3, 0.4) is 0 Å². The summed E-state index contributed by atoms with van der Waals surface area (Å²) in [6, 6.07) is 13.2. The summed E-state index contributed by atoms with van der Waals surface area (Å²) >= 11 is 0. The number of hydrogen-bond donors (Lipinski definition) is 2. The third-order valence-electron chi connectivity index (χ3n) is 2.71. The highest BCUT2D eigenvalue weighted by Crippen LogP contribution is 2.16. The number of rotatable bonds is 3. The van der Waals surface area contributed by atoms with Crippen molar-refractivity contribution in [3.63, 3.8) is 0 Å². The second-order valence-electron chi connectivity index (χ2n) is 4.25. The SMILES string of the molecule is Cc1ccc(N/N=C/c2ccccc2O)c(C)c1. The van der Waals surface area contributed by atoms with Crippen molar-refractivity contribution >= 4 is 11.9 Å². The van der Waals surface area contributed by atoms with Gasteiger partial charge in [-0.3, -0.25) is 5.43 Å². The molecule has 3 heteroatoms. The summed E-state index contributed by atoms with van der Waals surface area (Å²) in [5.41, 5.74) is 7.00. The highest BCUT2D eigenvalue weighted by molar-refractivity contribution is 5.83. The normalized spacial score (nSPS) is 10.8. The number of benzene rings is 2. The zero-order chi connectivity index (χ0) is 13.0. The average Bonchev–Trinajstić information content (AvgIpc) is 2.34. The van der Waals surface area contributed by atoms with E-state index >= 15 is 0 Å². The van der Waals surface area contributed by atoms with E-state index in [2.05, 4.69) is 23.5 Å². The molecule has 0 amide bonds. The molecule has 0 heterocycles. The molecule has 0 aliphatic rings. The van der Waals surface area contributed by atoms with E-state index in [0.29, 0.717) is 5.56 Å². The number of aromatic hydroxyl groups is 1. The molecule has 18 heavy (non-hydrogen) atoms. The molecular formula is C15H16N2O. The molecule has 0 aliphatic carbocycles. The first-order valence-corrected chi connectivity index (χ1v) is 5.81. The van der Waals surface area contributed by atoms with Gasteiger partial charge in [-0.15, -0.1) is 0 Å². The second-order valence-corrected chi connectivity index (χ2v) is 4.25. The number of nitrogens with one attached hydrogen (secondary N) is 1. The first-order chi connectivity index (χ1) is 8.66. The van der Waals surface area contributed by atoms with Crippen molar-refractivity contribution in [2.75, 3.05) is 5.43 Å². The van der Waals surface area contributed by atoms with Gasteiger partial charge in [-0.25, -0.2) is 0 Å². The van der Waals surface area contributed by atoms with Crippen molar-refractivity contribution in [2.45, 2.75) is 13.8 Å². The third-order valence-corrected chi connectivity index (χ3v) is 2.71. The number of para-hydroxylation sites is 1. The van der Waals surface area contributed by atoms with Gasteiger partial charge >= 0.3 is 0 Å². The number of hydrazone groups is 1. The van der Waals surface area contributed by atoms with Gasteiger partial charge in [0.1, 0.15) is 5.75 Å². The Labute approximate surface area is 107 Å². The van der Waals surface area contributed by atoms with Crippen LogP contribution in [0.5, 0.6) is 5.75 Å². The average molecular weight is 240 g/mol. The topological polar surface area (TPSA) is 44.6 Å². The van der Waals surface area contributed by atoms with E-state index in [0.717, 1.165) is 11.3 Å². The fourth-order valence-electron chi connectivity index (χ4n) is 1.71. The lowest BCUT2D eigenvalue weighted by Crippen LogP contribution is -1.93. The zero-order valence-electron chi connectivity index (χ0n) is 10.5. The van der Waals surface area contributed by atoms with Gasteiger partial charge in [0.05, 0.1) is 11.9 Å². The minimum atomic E-state index is 0.226. The van der Waals surface area contributed by atoms with Crippen molar-refractivity contribution in [3.8, 4) is 5.75 Å². The van der Waals surface area contributed by atoms with Gasteiger partial charge in [0.2, 0.25) is 0 Å². The van der Waals surface area contributed by atoms with E-state index in [-0.39, 0.29) is 5.75 Å². The molecule has 0 fully saturated rings. The number of phenolic OH excluding ortho intramolecular Hbond substituents is 1. The Bertz CT molecular complexity index is 576. The summed E-state index contributed by atoms with van der Waals surface area (Å²) in [5.74, 6) is 0.226. The molecule has 0 saturated heterocycles. The molecule has 0 bridgehead atoms. The molecule has 0 saturated carbocycles. The van der Waals surface area contributed by atoms with Crippen LogP contribution in [-0.2, 0) is 0 Å².